The maximum atomic E-state index is 12.8. The Morgan fingerprint density at radius 3 is 2.16 bits per heavy atom. The molecule has 1 aliphatic carbocycles. The Morgan fingerprint density at radius 1 is 0.774 bits per heavy atom. The van der Waals surface area contributed by atoms with Crippen LogP contribution in [0.15, 0.2) is 83.8 Å². The van der Waals surface area contributed by atoms with Gasteiger partial charge in [-0.1, -0.05) is 48.6 Å². The van der Waals surface area contributed by atoms with Crippen LogP contribution in [0.2, 0.25) is 0 Å². The van der Waals surface area contributed by atoms with Gasteiger partial charge in [-0.05, 0) is 47.9 Å². The fourth-order valence-corrected chi connectivity index (χ4v) is 5.19. The minimum Gasteiger partial charge on any atom is -0.379 e. The topological polar surface area (TPSA) is 80.8 Å². The zero-order chi connectivity index (χ0) is 21.6. The first-order valence-electron chi connectivity index (χ1n) is 10.0. The van der Waals surface area contributed by atoms with Crippen LogP contribution >= 0.6 is 0 Å². The van der Waals surface area contributed by atoms with Crippen molar-refractivity contribution in [3.63, 3.8) is 0 Å². The highest BCUT2D eigenvalue weighted by atomic mass is 32.2. The molecule has 1 fully saturated rings. The standard InChI is InChI=1S/C24H19NO5S/c26-23-21-10-3-4-11-22(21)24(27)25(23)18-8-5-9-19(15-18)30-31(28,29)20-13-12-16-6-1-2-7-17(16)14-20/h1-9,12-15,21-22H,10-11H2/t21-,22+. The van der Waals surface area contributed by atoms with Gasteiger partial charge >= 0.3 is 10.1 Å². The maximum Gasteiger partial charge on any atom is 0.339 e. The number of benzene rings is 3. The van der Waals surface area contributed by atoms with Crippen molar-refractivity contribution in [1.82, 2.24) is 0 Å². The van der Waals surface area contributed by atoms with Crippen molar-refractivity contribution < 1.29 is 22.2 Å². The van der Waals surface area contributed by atoms with E-state index in [1.165, 1.54) is 18.2 Å². The summed E-state index contributed by atoms with van der Waals surface area (Å²) in [6.07, 6.45) is 4.92. The van der Waals surface area contributed by atoms with Crippen molar-refractivity contribution in [3.05, 3.63) is 78.9 Å². The van der Waals surface area contributed by atoms with Gasteiger partial charge in [-0.2, -0.15) is 8.42 Å². The smallest absolute Gasteiger partial charge is 0.339 e. The lowest BCUT2D eigenvalue weighted by Gasteiger charge is -2.16. The van der Waals surface area contributed by atoms with E-state index in [0.717, 1.165) is 15.7 Å². The van der Waals surface area contributed by atoms with Crippen molar-refractivity contribution in [1.29, 1.82) is 0 Å². The molecule has 0 radical (unpaired) electrons. The monoisotopic (exact) mass is 433 g/mol. The van der Waals surface area contributed by atoms with Crippen molar-refractivity contribution in [2.45, 2.75) is 17.7 Å². The second-order valence-electron chi connectivity index (χ2n) is 7.71. The Bertz CT molecular complexity index is 1320. The first-order valence-corrected chi connectivity index (χ1v) is 11.4. The summed E-state index contributed by atoms with van der Waals surface area (Å²) in [6.45, 7) is 0. The number of carbonyl (C=O) groups is 2. The summed E-state index contributed by atoms with van der Waals surface area (Å²) in [6, 6.07) is 18.3. The lowest BCUT2D eigenvalue weighted by atomic mass is 9.85. The zero-order valence-corrected chi connectivity index (χ0v) is 17.3. The highest BCUT2D eigenvalue weighted by Gasteiger charge is 2.47. The molecule has 5 rings (SSSR count). The van der Waals surface area contributed by atoms with Gasteiger partial charge in [0.2, 0.25) is 11.8 Å². The van der Waals surface area contributed by atoms with Gasteiger partial charge in [-0.25, -0.2) is 4.90 Å². The number of amides is 2. The SMILES string of the molecule is O=C1[C@H]2CC=CC[C@H]2C(=O)N1c1cccc(OS(=O)(=O)c2ccc3ccccc3c2)c1. The van der Waals surface area contributed by atoms with E-state index >= 15 is 0 Å². The van der Waals surface area contributed by atoms with E-state index in [2.05, 4.69) is 0 Å². The van der Waals surface area contributed by atoms with E-state index < -0.39 is 10.1 Å². The molecule has 2 amide bonds. The molecule has 0 N–H and O–H groups in total. The lowest BCUT2D eigenvalue weighted by Crippen LogP contribution is -2.30. The summed E-state index contributed by atoms with van der Waals surface area (Å²) >= 11 is 0. The molecule has 1 aliphatic heterocycles. The van der Waals surface area contributed by atoms with E-state index in [1.807, 2.05) is 36.4 Å². The summed E-state index contributed by atoms with van der Waals surface area (Å²) in [5.41, 5.74) is 0.315. The molecule has 0 spiro atoms. The second kappa shape index (κ2) is 7.35. The average Bonchev–Trinajstić information content (AvgIpc) is 3.03. The molecule has 3 aromatic carbocycles. The zero-order valence-electron chi connectivity index (χ0n) is 16.5. The quantitative estimate of drug-likeness (QED) is 0.352. The number of fused-ring (bicyclic) bond motifs is 2. The van der Waals surface area contributed by atoms with Crippen molar-refractivity contribution in [3.8, 4) is 5.75 Å². The molecule has 31 heavy (non-hydrogen) atoms. The molecular formula is C24H19NO5S. The number of carbonyl (C=O) groups excluding carboxylic acids is 2. The van der Waals surface area contributed by atoms with Gasteiger partial charge in [0.25, 0.3) is 0 Å². The number of imide groups is 1. The summed E-state index contributed by atoms with van der Waals surface area (Å²) in [5.74, 6) is -1.19. The van der Waals surface area contributed by atoms with Crippen molar-refractivity contribution in [2.75, 3.05) is 4.90 Å². The Labute approximate surface area is 179 Å². The third kappa shape index (κ3) is 3.41. The predicted octanol–water partition coefficient (Wildman–Crippen LogP) is 4.06. The highest BCUT2D eigenvalue weighted by Crippen LogP contribution is 2.38. The molecular weight excluding hydrogens is 414 g/mol. The normalized spacial score (nSPS) is 20.8. The van der Waals surface area contributed by atoms with Crippen LogP contribution in [0.1, 0.15) is 12.8 Å². The highest BCUT2D eigenvalue weighted by molar-refractivity contribution is 7.87. The van der Waals surface area contributed by atoms with E-state index in [1.54, 1.807) is 24.3 Å². The number of hydrogen-bond acceptors (Lipinski definition) is 5. The molecule has 3 aromatic rings. The molecule has 1 heterocycles. The molecule has 0 aromatic heterocycles. The molecule has 7 heteroatoms. The Morgan fingerprint density at radius 2 is 1.45 bits per heavy atom. The summed E-state index contributed by atoms with van der Waals surface area (Å²) in [5, 5.41) is 1.70. The van der Waals surface area contributed by atoms with Gasteiger partial charge in [-0.15, -0.1) is 0 Å². The maximum absolute atomic E-state index is 12.8. The summed E-state index contributed by atoms with van der Waals surface area (Å²) in [4.78, 5) is 26.8. The van der Waals surface area contributed by atoms with Gasteiger partial charge in [0.1, 0.15) is 10.6 Å². The van der Waals surface area contributed by atoms with Crippen LogP contribution in [0.4, 0.5) is 5.69 Å². The number of allylic oxidation sites excluding steroid dienone is 2. The molecule has 2 atom stereocenters. The third-order valence-corrected chi connectivity index (χ3v) is 7.04. The lowest BCUT2D eigenvalue weighted by molar-refractivity contribution is -0.122. The van der Waals surface area contributed by atoms with Crippen molar-refractivity contribution in [2.24, 2.45) is 11.8 Å². The number of nitrogens with zero attached hydrogens (tertiary/aromatic N) is 1. The van der Waals surface area contributed by atoms with Crippen LogP contribution in [-0.4, -0.2) is 20.2 Å². The van der Waals surface area contributed by atoms with E-state index in [0.29, 0.717) is 18.5 Å². The van der Waals surface area contributed by atoms with Crippen LogP contribution in [0.5, 0.6) is 5.75 Å². The van der Waals surface area contributed by atoms with Crippen LogP contribution in [0.25, 0.3) is 10.8 Å². The molecule has 156 valence electrons. The van der Waals surface area contributed by atoms with Crippen molar-refractivity contribution >= 4 is 38.4 Å². The second-order valence-corrected chi connectivity index (χ2v) is 9.26. The molecule has 6 nitrogen and oxygen atoms in total. The predicted molar refractivity (Wildman–Crippen MR) is 116 cm³/mol. The van der Waals surface area contributed by atoms with E-state index in [4.69, 9.17) is 4.18 Å². The van der Waals surface area contributed by atoms with Gasteiger partial charge in [0.15, 0.2) is 0 Å². The minimum absolute atomic E-state index is 0.0297. The van der Waals surface area contributed by atoms with Crippen LogP contribution in [0, 0.1) is 11.8 Å². The number of hydrogen-bond donors (Lipinski definition) is 0. The summed E-state index contributed by atoms with van der Waals surface area (Å²) < 4.78 is 31.0. The Balaban J connectivity index is 1.44. The summed E-state index contributed by atoms with van der Waals surface area (Å²) in [7, 11) is -4.09. The molecule has 1 saturated heterocycles. The van der Waals surface area contributed by atoms with E-state index in [-0.39, 0.29) is 34.3 Å². The number of rotatable bonds is 4. The molecule has 0 saturated carbocycles. The van der Waals surface area contributed by atoms with E-state index in [9.17, 15) is 18.0 Å². The van der Waals surface area contributed by atoms with Gasteiger partial charge in [0.05, 0.1) is 17.5 Å². The third-order valence-electron chi connectivity index (χ3n) is 5.80. The molecule has 0 bridgehead atoms. The fraction of sp³-hybridized carbons (Fsp3) is 0.167. The largest absolute Gasteiger partial charge is 0.379 e. The number of anilines is 1. The first kappa shape index (κ1) is 19.5. The molecule has 2 aliphatic rings. The van der Waals surface area contributed by atoms with Gasteiger partial charge in [-0.3, -0.25) is 9.59 Å². The first-order chi connectivity index (χ1) is 14.9. The minimum atomic E-state index is -4.09. The fourth-order valence-electron chi connectivity index (χ4n) is 4.23. The Kier molecular flexibility index (Phi) is 4.63. The van der Waals surface area contributed by atoms with Crippen LogP contribution < -0.4 is 9.08 Å². The Hall–Kier alpha value is -3.45. The average molecular weight is 433 g/mol. The van der Waals surface area contributed by atoms with Crippen LogP contribution in [0.3, 0.4) is 0 Å². The molecule has 0 unspecified atom stereocenters. The van der Waals surface area contributed by atoms with Crippen LogP contribution in [-0.2, 0) is 19.7 Å². The van der Waals surface area contributed by atoms with Gasteiger partial charge in [0, 0.05) is 6.07 Å². The van der Waals surface area contributed by atoms with Gasteiger partial charge < -0.3 is 4.18 Å².